The molecule has 0 radical (unpaired) electrons. The summed E-state index contributed by atoms with van der Waals surface area (Å²) in [6.45, 7) is 3.57. The number of amides is 2. The average molecular weight is 446 g/mol. The maximum Gasteiger partial charge on any atom is 0.261 e. The lowest BCUT2D eigenvalue weighted by atomic mass is 10.1. The van der Waals surface area contributed by atoms with Gasteiger partial charge < -0.3 is 9.80 Å². The summed E-state index contributed by atoms with van der Waals surface area (Å²) in [7, 11) is -3.95. The molecule has 9 heteroatoms. The Hall–Kier alpha value is -2.94. The molecule has 1 heterocycles. The smallest absolute Gasteiger partial charge is 0.261 e. The number of sulfonamides is 1. The predicted octanol–water partition coefficient (Wildman–Crippen LogP) is 2.63. The SMILES string of the molecule is Cc1ccc(S(=O)(=O)Nc2ccc(F)cc2)cc1C(=O)N1CCN(C(=O)C2CC2)CC1. The Bertz CT molecular complexity index is 1110. The average Bonchev–Trinajstić information content (AvgIpc) is 3.60. The lowest BCUT2D eigenvalue weighted by Gasteiger charge is -2.35. The number of rotatable bonds is 5. The molecule has 2 aromatic carbocycles. The highest BCUT2D eigenvalue weighted by Gasteiger charge is 2.35. The highest BCUT2D eigenvalue weighted by Crippen LogP contribution is 2.31. The van der Waals surface area contributed by atoms with Gasteiger partial charge >= 0.3 is 0 Å². The van der Waals surface area contributed by atoms with Gasteiger partial charge in [-0.2, -0.15) is 0 Å². The molecule has 2 aliphatic rings. The van der Waals surface area contributed by atoms with Crippen LogP contribution in [0.2, 0.25) is 0 Å². The monoisotopic (exact) mass is 445 g/mol. The van der Waals surface area contributed by atoms with Gasteiger partial charge in [-0.25, -0.2) is 12.8 Å². The van der Waals surface area contributed by atoms with Gasteiger partial charge in [0, 0.05) is 43.3 Å². The third-order valence-corrected chi connectivity index (χ3v) is 7.03. The fraction of sp³-hybridized carbons (Fsp3) is 0.364. The predicted molar refractivity (Wildman–Crippen MR) is 114 cm³/mol. The van der Waals surface area contributed by atoms with E-state index in [-0.39, 0.29) is 28.3 Å². The van der Waals surface area contributed by atoms with Crippen LogP contribution < -0.4 is 4.72 Å². The van der Waals surface area contributed by atoms with Crippen molar-refractivity contribution in [2.75, 3.05) is 30.9 Å². The van der Waals surface area contributed by atoms with Gasteiger partial charge in [0.15, 0.2) is 0 Å². The summed E-state index contributed by atoms with van der Waals surface area (Å²) in [5, 5.41) is 0. The summed E-state index contributed by atoms with van der Waals surface area (Å²) >= 11 is 0. The molecule has 2 amide bonds. The number of nitrogens with zero attached hydrogens (tertiary/aromatic N) is 2. The van der Waals surface area contributed by atoms with Crippen molar-refractivity contribution in [2.24, 2.45) is 5.92 Å². The van der Waals surface area contributed by atoms with Gasteiger partial charge in [-0.1, -0.05) is 6.07 Å². The normalized spacial score (nSPS) is 16.8. The second kappa shape index (κ2) is 8.30. The van der Waals surface area contributed by atoms with Crippen molar-refractivity contribution in [1.82, 2.24) is 9.80 Å². The highest BCUT2D eigenvalue weighted by molar-refractivity contribution is 7.92. The Morgan fingerprint density at radius 2 is 1.58 bits per heavy atom. The number of carbonyl (C=O) groups excluding carboxylic acids is 2. The number of hydrogen-bond acceptors (Lipinski definition) is 4. The molecule has 164 valence electrons. The molecule has 1 aliphatic heterocycles. The molecular formula is C22H24FN3O4S. The zero-order chi connectivity index (χ0) is 22.2. The van der Waals surface area contributed by atoms with E-state index in [0.29, 0.717) is 37.3 Å². The van der Waals surface area contributed by atoms with Crippen molar-refractivity contribution in [1.29, 1.82) is 0 Å². The maximum atomic E-state index is 13.1. The zero-order valence-corrected chi connectivity index (χ0v) is 18.0. The number of nitrogens with one attached hydrogen (secondary N) is 1. The molecule has 1 aliphatic carbocycles. The van der Waals surface area contributed by atoms with Crippen molar-refractivity contribution in [2.45, 2.75) is 24.7 Å². The maximum absolute atomic E-state index is 13.1. The van der Waals surface area contributed by atoms with E-state index in [9.17, 15) is 22.4 Å². The minimum Gasteiger partial charge on any atom is -0.339 e. The first kappa shape index (κ1) is 21.3. The van der Waals surface area contributed by atoms with E-state index in [1.54, 1.807) is 17.9 Å². The van der Waals surface area contributed by atoms with Crippen molar-refractivity contribution in [3.8, 4) is 0 Å². The molecule has 0 bridgehead atoms. The first-order valence-electron chi connectivity index (χ1n) is 10.2. The van der Waals surface area contributed by atoms with E-state index in [2.05, 4.69) is 4.72 Å². The van der Waals surface area contributed by atoms with Crippen LogP contribution in [0.15, 0.2) is 47.4 Å². The van der Waals surface area contributed by atoms with E-state index < -0.39 is 15.8 Å². The van der Waals surface area contributed by atoms with E-state index in [4.69, 9.17) is 0 Å². The summed E-state index contributed by atoms with van der Waals surface area (Å²) in [4.78, 5) is 28.7. The van der Waals surface area contributed by atoms with Crippen LogP contribution in [0.1, 0.15) is 28.8 Å². The number of aryl methyl sites for hydroxylation is 1. The lowest BCUT2D eigenvalue weighted by molar-refractivity contribution is -0.134. The van der Waals surface area contributed by atoms with Crippen LogP contribution in [-0.4, -0.2) is 56.2 Å². The number of hydrogen-bond donors (Lipinski definition) is 1. The molecule has 4 rings (SSSR count). The first-order chi connectivity index (χ1) is 14.7. The molecule has 0 unspecified atom stereocenters. The molecule has 0 atom stereocenters. The molecule has 1 N–H and O–H groups in total. The number of piperazine rings is 1. The minimum absolute atomic E-state index is 0.0478. The Morgan fingerprint density at radius 1 is 0.968 bits per heavy atom. The molecular weight excluding hydrogens is 421 g/mol. The van der Waals surface area contributed by atoms with E-state index in [1.807, 2.05) is 4.90 Å². The van der Waals surface area contributed by atoms with Crippen LogP contribution in [0, 0.1) is 18.7 Å². The molecule has 2 aromatic rings. The van der Waals surface area contributed by atoms with Crippen molar-refractivity contribution in [3.05, 3.63) is 59.4 Å². The van der Waals surface area contributed by atoms with Gasteiger partial charge in [-0.3, -0.25) is 14.3 Å². The topological polar surface area (TPSA) is 86.8 Å². The van der Waals surface area contributed by atoms with Gasteiger partial charge in [-0.05, 0) is 61.7 Å². The zero-order valence-electron chi connectivity index (χ0n) is 17.2. The molecule has 1 saturated carbocycles. The first-order valence-corrected chi connectivity index (χ1v) is 11.7. The van der Waals surface area contributed by atoms with Crippen LogP contribution in [0.4, 0.5) is 10.1 Å². The molecule has 0 aromatic heterocycles. The quantitative estimate of drug-likeness (QED) is 0.767. The van der Waals surface area contributed by atoms with Crippen molar-refractivity contribution >= 4 is 27.5 Å². The Balaban J connectivity index is 1.48. The number of benzene rings is 2. The summed E-state index contributed by atoms with van der Waals surface area (Å²) in [6.07, 6.45) is 1.90. The third-order valence-electron chi connectivity index (χ3n) is 5.65. The largest absolute Gasteiger partial charge is 0.339 e. The van der Waals surface area contributed by atoms with E-state index >= 15 is 0 Å². The van der Waals surface area contributed by atoms with Crippen LogP contribution in [-0.2, 0) is 14.8 Å². The van der Waals surface area contributed by atoms with Crippen LogP contribution in [0.25, 0.3) is 0 Å². The summed E-state index contributed by atoms with van der Waals surface area (Å²) < 4.78 is 41.0. The lowest BCUT2D eigenvalue weighted by Crippen LogP contribution is -2.51. The van der Waals surface area contributed by atoms with Gasteiger partial charge in [0.25, 0.3) is 15.9 Å². The van der Waals surface area contributed by atoms with Gasteiger partial charge in [0.2, 0.25) is 5.91 Å². The molecule has 0 spiro atoms. The molecule has 1 saturated heterocycles. The minimum atomic E-state index is -3.95. The van der Waals surface area contributed by atoms with Crippen LogP contribution in [0.5, 0.6) is 0 Å². The van der Waals surface area contributed by atoms with Crippen LogP contribution in [0.3, 0.4) is 0 Å². The molecule has 31 heavy (non-hydrogen) atoms. The van der Waals surface area contributed by atoms with Gasteiger partial charge in [-0.15, -0.1) is 0 Å². The molecule has 7 nitrogen and oxygen atoms in total. The number of halogens is 1. The summed E-state index contributed by atoms with van der Waals surface area (Å²) in [5.41, 5.74) is 1.21. The van der Waals surface area contributed by atoms with Crippen molar-refractivity contribution < 1.29 is 22.4 Å². The number of carbonyl (C=O) groups is 2. The standard InChI is InChI=1S/C22H24FN3O4S/c1-15-2-9-19(31(29,30)24-18-7-5-17(23)6-8-18)14-20(15)22(28)26-12-10-25(11-13-26)21(27)16-3-4-16/h2,5-9,14,16,24H,3-4,10-13H2,1H3. The van der Waals surface area contributed by atoms with Crippen LogP contribution >= 0.6 is 0 Å². The number of anilines is 1. The van der Waals surface area contributed by atoms with Gasteiger partial charge in [0.05, 0.1) is 4.90 Å². The fourth-order valence-corrected chi connectivity index (χ4v) is 4.70. The molecule has 2 fully saturated rings. The van der Waals surface area contributed by atoms with E-state index in [1.165, 1.54) is 24.3 Å². The second-order valence-electron chi connectivity index (χ2n) is 7.98. The second-order valence-corrected chi connectivity index (χ2v) is 9.66. The Morgan fingerprint density at radius 3 is 2.19 bits per heavy atom. The summed E-state index contributed by atoms with van der Waals surface area (Å²) in [6, 6.07) is 9.38. The fourth-order valence-electron chi connectivity index (χ4n) is 3.62. The van der Waals surface area contributed by atoms with E-state index in [0.717, 1.165) is 25.0 Å². The summed E-state index contributed by atoms with van der Waals surface area (Å²) in [5.74, 6) is -0.400. The highest BCUT2D eigenvalue weighted by atomic mass is 32.2. The Kier molecular flexibility index (Phi) is 5.70. The van der Waals surface area contributed by atoms with Gasteiger partial charge in [0.1, 0.15) is 5.82 Å². The Labute approximate surface area is 180 Å². The van der Waals surface area contributed by atoms with Crippen molar-refractivity contribution in [3.63, 3.8) is 0 Å². The third kappa shape index (κ3) is 4.71.